The first-order chi connectivity index (χ1) is 61.6. The molecule has 5 heterocycles. The topological polar surface area (TPSA) is 28.7 Å². The Labute approximate surface area is 724 Å². The average molecular weight is 1590 g/mol. The van der Waals surface area contributed by atoms with Gasteiger partial charge in [-0.15, -0.1) is 0 Å². The number of ether oxygens (including phenoxy) is 1. The van der Waals surface area contributed by atoms with Crippen molar-refractivity contribution in [1.82, 2.24) is 0 Å². The number of para-hydroxylation sites is 9. The summed E-state index contributed by atoms with van der Waals surface area (Å²) >= 11 is 0. The highest BCUT2D eigenvalue weighted by atomic mass is 16.5. The van der Waals surface area contributed by atoms with E-state index in [2.05, 4.69) is 466 Å². The fraction of sp³-hybridized carbons (Fsp3) is 0.0609. The molecule has 16 aromatic carbocycles. The van der Waals surface area contributed by atoms with Crippen LogP contribution >= 0.6 is 0 Å². The molecule has 4 aliphatic carbocycles. The SMILES string of the molecule is C1=CCC(C2=C(N3c4cc5c(cc4C4(c6ccccc6-c6ccccc64)c4cc6c(cc43)N(c3ccccc3)c3cc(N(c4ccccc4)c4ccccc4)cc4c3B6c3ccccc3N4c3ccccc3)B3c4ccccc4Oc4cc(N(c6ccccc6)c6ccccc6-c6ccccc6)cc(c43)N5c3ccccc3)C(C3=CCCC=C3)CC=C2)C=C1. The summed E-state index contributed by atoms with van der Waals surface area (Å²) in [6.07, 6.45) is 25.5. The lowest BCUT2D eigenvalue weighted by Crippen LogP contribution is -2.62. The van der Waals surface area contributed by atoms with E-state index in [1.807, 2.05) is 0 Å². The molecule has 124 heavy (non-hydrogen) atoms. The van der Waals surface area contributed by atoms with Crippen molar-refractivity contribution in [3.05, 3.63) is 476 Å². The average Bonchev–Trinajstić information content (AvgIpc) is 1.42. The van der Waals surface area contributed by atoms with Crippen molar-refractivity contribution in [1.29, 1.82) is 0 Å². The first kappa shape index (κ1) is 71.6. The lowest BCUT2D eigenvalue weighted by Gasteiger charge is -2.51. The molecule has 2 unspecified atom stereocenters. The van der Waals surface area contributed by atoms with Gasteiger partial charge in [0.15, 0.2) is 0 Å². The van der Waals surface area contributed by atoms with Crippen LogP contribution in [-0.2, 0) is 5.41 Å². The van der Waals surface area contributed by atoms with Gasteiger partial charge in [-0.1, -0.05) is 309 Å². The fourth-order valence-corrected chi connectivity index (χ4v) is 22.3. The molecule has 0 amide bonds. The van der Waals surface area contributed by atoms with Gasteiger partial charge in [0.05, 0.1) is 33.9 Å². The molecule has 16 aromatic rings. The molecule has 1 spiro atoms. The maximum absolute atomic E-state index is 7.64. The summed E-state index contributed by atoms with van der Waals surface area (Å²) in [5.41, 5.74) is 38.3. The maximum Gasteiger partial charge on any atom is 0.256 e. The zero-order chi connectivity index (χ0) is 81.5. The molecule has 25 rings (SSSR count). The zero-order valence-corrected chi connectivity index (χ0v) is 68.3. The highest BCUT2D eigenvalue weighted by Gasteiger charge is 2.57. The molecule has 0 fully saturated rings. The van der Waals surface area contributed by atoms with Gasteiger partial charge >= 0.3 is 0 Å². The van der Waals surface area contributed by atoms with Gasteiger partial charge in [0.25, 0.3) is 13.4 Å². The molecule has 0 radical (unpaired) electrons. The Morgan fingerprint density at radius 1 is 0.315 bits per heavy atom. The molecule has 0 N–H and O–H groups in total. The molecular formula is C115H82B2N6O. The van der Waals surface area contributed by atoms with Gasteiger partial charge in [0.1, 0.15) is 11.5 Å². The summed E-state index contributed by atoms with van der Waals surface area (Å²) in [5, 5.41) is 0. The van der Waals surface area contributed by atoms with Crippen LogP contribution in [0.2, 0.25) is 0 Å². The molecule has 0 aromatic heterocycles. The first-order valence-electron chi connectivity index (χ1n) is 43.7. The van der Waals surface area contributed by atoms with Crippen LogP contribution in [0.3, 0.4) is 0 Å². The second-order valence-electron chi connectivity index (χ2n) is 33.8. The molecule has 5 aliphatic heterocycles. The van der Waals surface area contributed by atoms with Crippen molar-refractivity contribution in [3.8, 4) is 33.8 Å². The Morgan fingerprint density at radius 3 is 1.37 bits per heavy atom. The summed E-state index contributed by atoms with van der Waals surface area (Å²) in [7, 11) is 0. The number of nitrogens with zero attached hydrogens (tertiary/aromatic N) is 6. The van der Waals surface area contributed by atoms with E-state index in [-0.39, 0.29) is 25.3 Å². The van der Waals surface area contributed by atoms with Crippen LogP contribution in [0, 0.1) is 11.8 Å². The van der Waals surface area contributed by atoms with Gasteiger partial charge in [-0.05, 0) is 230 Å². The van der Waals surface area contributed by atoms with Gasteiger partial charge in [-0.2, -0.15) is 0 Å². The normalized spacial score (nSPS) is 16.3. The van der Waals surface area contributed by atoms with Crippen LogP contribution in [0.5, 0.6) is 11.5 Å². The van der Waals surface area contributed by atoms with Gasteiger partial charge in [0, 0.05) is 97.4 Å². The monoisotopic (exact) mass is 1580 g/mol. The van der Waals surface area contributed by atoms with Gasteiger partial charge in [-0.3, -0.25) is 0 Å². The maximum atomic E-state index is 7.64. The zero-order valence-electron chi connectivity index (χ0n) is 68.3. The first-order valence-corrected chi connectivity index (χ1v) is 43.7. The van der Waals surface area contributed by atoms with E-state index in [1.54, 1.807) is 0 Å². The van der Waals surface area contributed by atoms with Gasteiger partial charge < -0.3 is 34.1 Å². The predicted molar refractivity (Wildman–Crippen MR) is 518 cm³/mol. The van der Waals surface area contributed by atoms with Crippen molar-refractivity contribution >= 4 is 143 Å². The Kier molecular flexibility index (Phi) is 16.7. The van der Waals surface area contributed by atoms with E-state index in [0.717, 1.165) is 156 Å². The van der Waals surface area contributed by atoms with Crippen molar-refractivity contribution in [3.63, 3.8) is 0 Å². The molecule has 9 aliphatic rings. The molecule has 0 bridgehead atoms. The van der Waals surface area contributed by atoms with E-state index in [0.29, 0.717) is 0 Å². The van der Waals surface area contributed by atoms with Crippen molar-refractivity contribution in [2.75, 3.05) is 29.4 Å². The predicted octanol–water partition coefficient (Wildman–Crippen LogP) is 25.8. The standard InChI is InChI=1S/C115H82B2N6O/c1-10-39-77(40-11-1)88-57-30-35-66-101(88)119(82-49-20-6-21-50-82)87-71-109-113-111(72-87)124-110-68-37-34-65-98(110)117(113)100-74-96-104(76-106(100)122(109)85-55-26-9-27-56-85)123(114-89(78-41-12-2-13-42-78)60-38-61-90(114)79-43-14-3-15-44-79)103-75-105-99(73-95(103)115(96)93-62-31-28-58-91(93)92-59-29-32-63-94(92)115)116-97-64-33-36-67-102(97)120(83-51-22-7-23-52-83)107-69-86(70-108(112(107)116)121(105)84-53-24-8-25-54-84)118(80-45-16-4-17-46-80)81-47-18-5-19-48-81/h1-2,4-14,16-41,43-60,62-76,78,90H,3,15,42,61H2. The second kappa shape index (κ2) is 29.0. The van der Waals surface area contributed by atoms with E-state index < -0.39 is 5.41 Å². The Hall–Kier alpha value is -15.3. The number of allylic oxidation sites excluding steroid dienone is 11. The Balaban J connectivity index is 0.835. The molecule has 584 valence electrons. The minimum atomic E-state index is -0.950. The van der Waals surface area contributed by atoms with Crippen LogP contribution in [0.25, 0.3) is 22.3 Å². The molecule has 0 saturated carbocycles. The van der Waals surface area contributed by atoms with Crippen LogP contribution in [0.1, 0.15) is 47.9 Å². The van der Waals surface area contributed by atoms with Crippen LogP contribution < -0.4 is 66.9 Å². The third kappa shape index (κ3) is 11.0. The number of rotatable bonds is 13. The summed E-state index contributed by atoms with van der Waals surface area (Å²) in [6, 6.07) is 144. The minimum Gasteiger partial charge on any atom is -0.458 e. The van der Waals surface area contributed by atoms with Crippen LogP contribution in [0.15, 0.2) is 454 Å². The molecule has 9 heteroatoms. The third-order valence-electron chi connectivity index (χ3n) is 27.3. The summed E-state index contributed by atoms with van der Waals surface area (Å²) < 4.78 is 7.64. The minimum absolute atomic E-state index is 0.0470. The number of hydrogen-bond acceptors (Lipinski definition) is 7. The summed E-state index contributed by atoms with van der Waals surface area (Å²) in [6.45, 7) is -0.561. The molecule has 0 saturated heterocycles. The Morgan fingerprint density at radius 2 is 0.798 bits per heavy atom. The Bertz CT molecular complexity index is 7120. The van der Waals surface area contributed by atoms with Gasteiger partial charge in [0.2, 0.25) is 0 Å². The van der Waals surface area contributed by atoms with Crippen molar-refractivity contribution < 1.29 is 4.74 Å². The largest absolute Gasteiger partial charge is 0.458 e. The smallest absolute Gasteiger partial charge is 0.256 e. The lowest BCUT2D eigenvalue weighted by atomic mass is 9.33. The van der Waals surface area contributed by atoms with E-state index in [4.69, 9.17) is 4.74 Å². The number of fused-ring (bicyclic) bond motifs is 17. The summed E-state index contributed by atoms with van der Waals surface area (Å²) in [5.74, 6) is 1.68. The van der Waals surface area contributed by atoms with Crippen molar-refractivity contribution in [2.24, 2.45) is 11.8 Å². The number of hydrogen-bond donors (Lipinski definition) is 0. The highest BCUT2D eigenvalue weighted by Crippen LogP contribution is 2.66. The molecular weight excluding hydrogens is 1500 g/mol. The lowest BCUT2D eigenvalue weighted by molar-refractivity contribution is 0.487. The quantitative estimate of drug-likeness (QED) is 0.106. The van der Waals surface area contributed by atoms with Crippen LogP contribution in [-0.4, -0.2) is 13.4 Å². The van der Waals surface area contributed by atoms with E-state index in [1.165, 1.54) is 72.1 Å². The fourth-order valence-electron chi connectivity index (χ4n) is 22.3. The van der Waals surface area contributed by atoms with Gasteiger partial charge in [-0.25, -0.2) is 0 Å². The van der Waals surface area contributed by atoms with Crippen LogP contribution in [0.4, 0.5) is 96.7 Å². The van der Waals surface area contributed by atoms with E-state index in [9.17, 15) is 0 Å². The molecule has 7 nitrogen and oxygen atoms in total. The third-order valence-corrected chi connectivity index (χ3v) is 27.3. The second-order valence-corrected chi connectivity index (χ2v) is 33.8. The summed E-state index contributed by atoms with van der Waals surface area (Å²) in [4.78, 5) is 15.6. The van der Waals surface area contributed by atoms with Crippen molar-refractivity contribution in [2.45, 2.75) is 31.1 Å². The molecule has 2 atom stereocenters. The number of anilines is 17. The van der Waals surface area contributed by atoms with E-state index >= 15 is 0 Å². The highest BCUT2D eigenvalue weighted by molar-refractivity contribution is 7.01. The number of benzene rings is 16.